The zero-order valence-electron chi connectivity index (χ0n) is 17.2. The maximum atomic E-state index is 12.9. The van der Waals surface area contributed by atoms with Crippen molar-refractivity contribution >= 4 is 17.8 Å². The number of carbonyl (C=O) groups excluding carboxylic acids is 1. The molecule has 0 bridgehead atoms. The number of amides is 1. The van der Waals surface area contributed by atoms with E-state index in [0.717, 1.165) is 32.7 Å². The average Bonchev–Trinajstić information content (AvgIpc) is 2.82. The number of hydrogen-bond donors (Lipinski definition) is 1. The van der Waals surface area contributed by atoms with Gasteiger partial charge in [0.1, 0.15) is 5.82 Å². The Hall–Kier alpha value is -3.51. The second-order valence-electron chi connectivity index (χ2n) is 7.55. The molecule has 0 aromatic heterocycles. The monoisotopic (exact) mass is 416 g/mol. The number of halogens is 1. The molecule has 0 saturated carbocycles. The van der Waals surface area contributed by atoms with Crippen LogP contribution < -0.4 is 10.3 Å². The van der Waals surface area contributed by atoms with Crippen LogP contribution in [0.25, 0.3) is 0 Å². The van der Waals surface area contributed by atoms with Crippen molar-refractivity contribution in [1.82, 2.24) is 10.3 Å². The van der Waals surface area contributed by atoms with Crippen molar-refractivity contribution in [1.29, 1.82) is 0 Å². The first kappa shape index (κ1) is 20.8. The number of nitrogens with zero attached hydrogens (tertiary/aromatic N) is 3. The molecule has 5 nitrogen and oxygen atoms in total. The maximum Gasteiger partial charge on any atom is 0.271 e. The molecule has 1 saturated heterocycles. The van der Waals surface area contributed by atoms with Crippen molar-refractivity contribution in [3.05, 3.63) is 101 Å². The van der Waals surface area contributed by atoms with Gasteiger partial charge in [-0.15, -0.1) is 0 Å². The van der Waals surface area contributed by atoms with E-state index in [-0.39, 0.29) is 11.7 Å². The third-order valence-corrected chi connectivity index (χ3v) is 5.37. The van der Waals surface area contributed by atoms with Crippen molar-refractivity contribution in [3.63, 3.8) is 0 Å². The van der Waals surface area contributed by atoms with Gasteiger partial charge >= 0.3 is 0 Å². The van der Waals surface area contributed by atoms with E-state index in [9.17, 15) is 9.18 Å². The normalized spacial score (nSPS) is 14.7. The molecular formula is C25H25FN4O. The molecule has 0 atom stereocenters. The summed E-state index contributed by atoms with van der Waals surface area (Å²) in [5.74, 6) is -0.583. The number of carbonyl (C=O) groups is 1. The quantitative estimate of drug-likeness (QED) is 0.490. The Balaban J connectivity index is 1.25. The average molecular weight is 417 g/mol. The highest BCUT2D eigenvalue weighted by Gasteiger charge is 2.17. The van der Waals surface area contributed by atoms with Crippen LogP contribution in [0.1, 0.15) is 21.5 Å². The minimum Gasteiger partial charge on any atom is -0.369 e. The van der Waals surface area contributed by atoms with E-state index in [4.69, 9.17) is 0 Å². The van der Waals surface area contributed by atoms with Crippen LogP contribution in [-0.4, -0.2) is 43.2 Å². The predicted octanol–water partition coefficient (Wildman–Crippen LogP) is 3.91. The van der Waals surface area contributed by atoms with Gasteiger partial charge in [0.25, 0.3) is 5.91 Å². The summed E-state index contributed by atoms with van der Waals surface area (Å²) in [5, 5.41) is 3.94. The van der Waals surface area contributed by atoms with Gasteiger partial charge in [-0.3, -0.25) is 9.69 Å². The summed E-state index contributed by atoms with van der Waals surface area (Å²) in [7, 11) is 0. The highest BCUT2D eigenvalue weighted by atomic mass is 19.1. The molecule has 1 N–H and O–H groups in total. The minimum atomic E-state index is -0.306. The van der Waals surface area contributed by atoms with E-state index in [0.29, 0.717) is 11.1 Å². The fourth-order valence-corrected chi connectivity index (χ4v) is 3.60. The first-order valence-electron chi connectivity index (χ1n) is 10.4. The summed E-state index contributed by atoms with van der Waals surface area (Å²) < 4.78 is 12.9. The minimum absolute atomic E-state index is 0.276. The van der Waals surface area contributed by atoms with Crippen LogP contribution in [0.15, 0.2) is 84.0 Å². The highest BCUT2D eigenvalue weighted by molar-refractivity contribution is 5.94. The van der Waals surface area contributed by atoms with Crippen LogP contribution in [-0.2, 0) is 6.54 Å². The van der Waals surface area contributed by atoms with Crippen molar-refractivity contribution < 1.29 is 9.18 Å². The Bertz CT molecular complexity index is 1010. The molecular weight excluding hydrogens is 391 g/mol. The molecule has 0 unspecified atom stereocenters. The first-order valence-corrected chi connectivity index (χ1v) is 10.4. The van der Waals surface area contributed by atoms with Crippen molar-refractivity contribution in [2.24, 2.45) is 5.10 Å². The van der Waals surface area contributed by atoms with Gasteiger partial charge in [-0.25, -0.2) is 9.82 Å². The molecule has 3 aromatic rings. The Morgan fingerprint density at radius 1 is 0.903 bits per heavy atom. The topological polar surface area (TPSA) is 47.9 Å². The lowest BCUT2D eigenvalue weighted by Crippen LogP contribution is -2.45. The molecule has 4 rings (SSSR count). The van der Waals surface area contributed by atoms with Crippen LogP contribution in [0.4, 0.5) is 10.1 Å². The third kappa shape index (κ3) is 5.77. The van der Waals surface area contributed by atoms with Gasteiger partial charge in [-0.2, -0.15) is 5.10 Å². The molecule has 3 aromatic carbocycles. The molecule has 31 heavy (non-hydrogen) atoms. The van der Waals surface area contributed by atoms with Gasteiger partial charge in [-0.05, 0) is 47.5 Å². The number of rotatable bonds is 6. The standard InChI is InChI=1S/C25H25FN4O/c26-23-12-8-20(9-13-23)18-27-28-25(31)22-10-6-21(7-11-22)19-29-14-16-30(17-15-29)24-4-2-1-3-5-24/h1-13,18H,14-17,19H2,(H,28,31)/b27-18-. The predicted molar refractivity (Wildman–Crippen MR) is 122 cm³/mol. The van der Waals surface area contributed by atoms with Gasteiger partial charge in [-0.1, -0.05) is 42.5 Å². The Morgan fingerprint density at radius 2 is 1.58 bits per heavy atom. The number of para-hydroxylation sites is 1. The van der Waals surface area contributed by atoms with Crippen LogP contribution >= 0.6 is 0 Å². The largest absolute Gasteiger partial charge is 0.369 e. The number of nitrogens with one attached hydrogen (secondary N) is 1. The maximum absolute atomic E-state index is 12.9. The molecule has 6 heteroatoms. The van der Waals surface area contributed by atoms with E-state index >= 15 is 0 Å². The molecule has 1 amide bonds. The van der Waals surface area contributed by atoms with E-state index in [1.807, 2.05) is 30.3 Å². The molecule has 0 spiro atoms. The van der Waals surface area contributed by atoms with Gasteiger partial charge in [0.05, 0.1) is 6.21 Å². The van der Waals surface area contributed by atoms with Crippen molar-refractivity contribution in [3.8, 4) is 0 Å². The Kier molecular flexibility index (Phi) is 6.69. The lowest BCUT2D eigenvalue weighted by molar-refractivity contribution is 0.0955. The molecule has 1 heterocycles. The van der Waals surface area contributed by atoms with Crippen LogP contribution in [0, 0.1) is 5.82 Å². The smallest absolute Gasteiger partial charge is 0.271 e. The summed E-state index contributed by atoms with van der Waals surface area (Å²) in [6.07, 6.45) is 1.49. The SMILES string of the molecule is O=C(N/N=C\c1ccc(F)cc1)c1ccc(CN2CCN(c3ccccc3)CC2)cc1. The van der Waals surface area contributed by atoms with E-state index in [1.165, 1.54) is 29.6 Å². The van der Waals surface area contributed by atoms with Crippen molar-refractivity contribution in [2.45, 2.75) is 6.54 Å². The molecule has 0 radical (unpaired) electrons. The van der Waals surface area contributed by atoms with Crippen LogP contribution in [0.3, 0.4) is 0 Å². The third-order valence-electron chi connectivity index (χ3n) is 5.37. The number of anilines is 1. The highest BCUT2D eigenvalue weighted by Crippen LogP contribution is 2.17. The van der Waals surface area contributed by atoms with E-state index in [2.05, 4.69) is 44.6 Å². The fourth-order valence-electron chi connectivity index (χ4n) is 3.60. The van der Waals surface area contributed by atoms with E-state index < -0.39 is 0 Å². The second kappa shape index (κ2) is 10.00. The molecule has 1 aliphatic heterocycles. The number of piperazine rings is 1. The molecule has 0 aliphatic carbocycles. The molecule has 1 fully saturated rings. The number of benzene rings is 3. The first-order chi connectivity index (χ1) is 15.2. The fraction of sp³-hybridized carbons (Fsp3) is 0.200. The summed E-state index contributed by atoms with van der Waals surface area (Å²) in [5.41, 5.74) is 6.22. The lowest BCUT2D eigenvalue weighted by atomic mass is 10.1. The lowest BCUT2D eigenvalue weighted by Gasteiger charge is -2.36. The summed E-state index contributed by atoms with van der Waals surface area (Å²) in [6.45, 7) is 4.91. The second-order valence-corrected chi connectivity index (χ2v) is 7.55. The zero-order chi connectivity index (χ0) is 21.5. The van der Waals surface area contributed by atoms with E-state index in [1.54, 1.807) is 12.1 Å². The van der Waals surface area contributed by atoms with Gasteiger partial charge < -0.3 is 4.90 Å². The van der Waals surface area contributed by atoms with Crippen LogP contribution in [0.2, 0.25) is 0 Å². The molecule has 1 aliphatic rings. The van der Waals surface area contributed by atoms with Gasteiger partial charge in [0.15, 0.2) is 0 Å². The van der Waals surface area contributed by atoms with Crippen LogP contribution in [0.5, 0.6) is 0 Å². The van der Waals surface area contributed by atoms with Crippen molar-refractivity contribution in [2.75, 3.05) is 31.1 Å². The zero-order valence-corrected chi connectivity index (χ0v) is 17.2. The number of hydrogen-bond acceptors (Lipinski definition) is 4. The van der Waals surface area contributed by atoms with Gasteiger partial charge in [0, 0.05) is 44.0 Å². The summed E-state index contributed by atoms with van der Waals surface area (Å²) >= 11 is 0. The summed E-state index contributed by atoms with van der Waals surface area (Å²) in [4.78, 5) is 17.1. The Labute approximate surface area is 181 Å². The van der Waals surface area contributed by atoms with Gasteiger partial charge in [0.2, 0.25) is 0 Å². The Morgan fingerprint density at radius 3 is 2.26 bits per heavy atom. The summed E-state index contributed by atoms with van der Waals surface area (Å²) in [6, 6.07) is 24.0. The molecule has 158 valence electrons. The number of hydrazone groups is 1.